The van der Waals surface area contributed by atoms with Crippen LogP contribution in [0.4, 0.5) is 5.69 Å². The van der Waals surface area contributed by atoms with Crippen molar-refractivity contribution in [1.82, 2.24) is 4.90 Å². The number of sulfone groups is 1. The number of imide groups is 1. The molecule has 35 heavy (non-hydrogen) atoms. The minimum atomic E-state index is -3.18. The summed E-state index contributed by atoms with van der Waals surface area (Å²) in [6.45, 7) is 3.22. The number of carbonyl (C=O) groups is 4. The molecule has 4 rings (SSSR count). The van der Waals surface area contributed by atoms with Gasteiger partial charge in [0.2, 0.25) is 0 Å². The van der Waals surface area contributed by atoms with Crippen LogP contribution in [0.25, 0.3) is 0 Å². The van der Waals surface area contributed by atoms with Crippen LogP contribution in [0.2, 0.25) is 0 Å². The first-order chi connectivity index (χ1) is 16.6. The van der Waals surface area contributed by atoms with Crippen molar-refractivity contribution in [3.8, 4) is 0 Å². The van der Waals surface area contributed by atoms with Gasteiger partial charge in [0.15, 0.2) is 16.4 Å². The molecule has 0 radical (unpaired) electrons. The highest BCUT2D eigenvalue weighted by molar-refractivity contribution is 7.91. The summed E-state index contributed by atoms with van der Waals surface area (Å²) in [5.74, 6) is -2.11. The van der Waals surface area contributed by atoms with E-state index >= 15 is 0 Å². The first-order valence-corrected chi connectivity index (χ1v) is 13.2. The van der Waals surface area contributed by atoms with Crippen LogP contribution < -0.4 is 4.90 Å². The monoisotopic (exact) mass is 498 g/mol. The lowest BCUT2D eigenvalue weighted by atomic mass is 10.1. The average molecular weight is 499 g/mol. The third-order valence-corrected chi connectivity index (χ3v) is 8.19. The quantitative estimate of drug-likeness (QED) is 0.425. The van der Waals surface area contributed by atoms with E-state index in [0.717, 1.165) is 4.90 Å². The maximum absolute atomic E-state index is 12.9. The summed E-state index contributed by atoms with van der Waals surface area (Å²) in [7, 11) is -3.18. The standard InChI is InChI=1S/C25H26N2O7S/c1-3-16(2)26(19-12-13-35(32,33)15-19)22(28)14-34-25(31)17-8-10-18(11-9-17)27-23(29)20-6-4-5-7-21(20)24(27)30/h4-11,16,19H,3,12-15H2,1-2H3. The summed E-state index contributed by atoms with van der Waals surface area (Å²) in [6, 6.07) is 11.7. The van der Waals surface area contributed by atoms with Crippen LogP contribution in [0.1, 0.15) is 57.8 Å². The molecule has 3 amide bonds. The second-order valence-corrected chi connectivity index (χ2v) is 11.0. The van der Waals surface area contributed by atoms with Crippen LogP contribution in [0, 0.1) is 0 Å². The molecule has 9 nitrogen and oxygen atoms in total. The fourth-order valence-electron chi connectivity index (χ4n) is 4.46. The highest BCUT2D eigenvalue weighted by Gasteiger charge is 2.37. The minimum absolute atomic E-state index is 0.0388. The first kappa shape index (κ1) is 24.6. The summed E-state index contributed by atoms with van der Waals surface area (Å²) in [5.41, 5.74) is 1.10. The van der Waals surface area contributed by atoms with Crippen molar-refractivity contribution in [2.75, 3.05) is 23.0 Å². The van der Waals surface area contributed by atoms with Gasteiger partial charge in [-0.05, 0) is 56.2 Å². The number of ether oxygens (including phenoxy) is 1. The van der Waals surface area contributed by atoms with Crippen molar-refractivity contribution in [2.24, 2.45) is 0 Å². The van der Waals surface area contributed by atoms with E-state index in [9.17, 15) is 27.6 Å². The molecule has 0 saturated carbocycles. The molecule has 2 atom stereocenters. The number of benzene rings is 2. The van der Waals surface area contributed by atoms with Crippen LogP contribution in [-0.2, 0) is 19.4 Å². The number of anilines is 1. The van der Waals surface area contributed by atoms with Gasteiger partial charge >= 0.3 is 5.97 Å². The smallest absolute Gasteiger partial charge is 0.338 e. The fourth-order valence-corrected chi connectivity index (χ4v) is 6.17. The van der Waals surface area contributed by atoms with Gasteiger partial charge in [0, 0.05) is 12.1 Å². The van der Waals surface area contributed by atoms with Gasteiger partial charge in [-0.2, -0.15) is 0 Å². The number of nitrogens with zero attached hydrogens (tertiary/aromatic N) is 2. The van der Waals surface area contributed by atoms with Crippen molar-refractivity contribution in [2.45, 2.75) is 38.8 Å². The summed E-state index contributed by atoms with van der Waals surface area (Å²) < 4.78 is 29.0. The summed E-state index contributed by atoms with van der Waals surface area (Å²) in [5, 5.41) is 0. The Morgan fingerprint density at radius 2 is 1.66 bits per heavy atom. The van der Waals surface area contributed by atoms with Gasteiger partial charge in [-0.25, -0.2) is 18.1 Å². The highest BCUT2D eigenvalue weighted by atomic mass is 32.2. The first-order valence-electron chi connectivity index (χ1n) is 11.4. The van der Waals surface area contributed by atoms with E-state index in [0.29, 0.717) is 29.7 Å². The van der Waals surface area contributed by atoms with Crippen molar-refractivity contribution >= 4 is 39.2 Å². The van der Waals surface area contributed by atoms with Crippen LogP contribution in [0.15, 0.2) is 48.5 Å². The van der Waals surface area contributed by atoms with Gasteiger partial charge in [0.25, 0.3) is 17.7 Å². The molecular weight excluding hydrogens is 472 g/mol. The van der Waals surface area contributed by atoms with E-state index in [1.165, 1.54) is 29.2 Å². The Hall–Kier alpha value is -3.53. The van der Waals surface area contributed by atoms with E-state index in [1.807, 2.05) is 13.8 Å². The molecule has 1 saturated heterocycles. The number of hydrogen-bond donors (Lipinski definition) is 0. The van der Waals surface area contributed by atoms with Gasteiger partial charge < -0.3 is 9.64 Å². The lowest BCUT2D eigenvalue weighted by Crippen LogP contribution is -2.48. The van der Waals surface area contributed by atoms with Crippen LogP contribution in [0.3, 0.4) is 0 Å². The molecule has 2 aliphatic rings. The van der Waals surface area contributed by atoms with Gasteiger partial charge in [-0.3, -0.25) is 14.4 Å². The molecule has 0 spiro atoms. The second kappa shape index (κ2) is 9.61. The van der Waals surface area contributed by atoms with E-state index in [2.05, 4.69) is 0 Å². The van der Waals surface area contributed by atoms with Crippen LogP contribution >= 0.6 is 0 Å². The zero-order valence-electron chi connectivity index (χ0n) is 19.5. The molecule has 1 fully saturated rings. The number of hydrogen-bond acceptors (Lipinski definition) is 7. The zero-order chi connectivity index (χ0) is 25.3. The number of carbonyl (C=O) groups excluding carboxylic acids is 4. The topological polar surface area (TPSA) is 118 Å². The van der Waals surface area contributed by atoms with Crippen LogP contribution in [0.5, 0.6) is 0 Å². The van der Waals surface area contributed by atoms with Crippen molar-refractivity contribution in [3.63, 3.8) is 0 Å². The van der Waals surface area contributed by atoms with E-state index in [1.54, 1.807) is 24.3 Å². The molecule has 2 aromatic rings. The van der Waals surface area contributed by atoms with Gasteiger partial charge in [0.1, 0.15) is 0 Å². The lowest BCUT2D eigenvalue weighted by molar-refractivity contribution is -0.138. The summed E-state index contributed by atoms with van der Waals surface area (Å²) in [6.07, 6.45) is 1.00. The Morgan fingerprint density at radius 1 is 1.06 bits per heavy atom. The Kier molecular flexibility index (Phi) is 6.75. The van der Waals surface area contributed by atoms with Gasteiger partial charge in [-0.1, -0.05) is 19.1 Å². The Bertz CT molecular complexity index is 1250. The largest absolute Gasteiger partial charge is 0.452 e. The average Bonchev–Trinajstić information content (AvgIpc) is 3.33. The van der Waals surface area contributed by atoms with Crippen molar-refractivity contribution < 1.29 is 32.3 Å². The number of fused-ring (bicyclic) bond motifs is 1. The molecule has 0 aliphatic carbocycles. The molecule has 2 aromatic carbocycles. The lowest BCUT2D eigenvalue weighted by Gasteiger charge is -2.33. The van der Waals surface area contributed by atoms with Gasteiger partial charge in [0.05, 0.1) is 33.9 Å². The number of esters is 1. The Labute approximate surface area is 203 Å². The Balaban J connectivity index is 1.41. The second-order valence-electron chi connectivity index (χ2n) is 8.73. The molecule has 0 N–H and O–H groups in total. The third-order valence-electron chi connectivity index (χ3n) is 6.44. The number of rotatable bonds is 7. The van der Waals surface area contributed by atoms with Crippen LogP contribution in [-0.4, -0.2) is 67.2 Å². The van der Waals surface area contributed by atoms with Gasteiger partial charge in [-0.15, -0.1) is 0 Å². The maximum atomic E-state index is 12.9. The molecule has 2 heterocycles. The molecular formula is C25H26N2O7S. The van der Waals surface area contributed by atoms with E-state index in [-0.39, 0.29) is 23.1 Å². The number of amides is 3. The molecule has 0 aromatic heterocycles. The van der Waals surface area contributed by atoms with Crippen molar-refractivity contribution in [1.29, 1.82) is 0 Å². The molecule has 2 aliphatic heterocycles. The van der Waals surface area contributed by atoms with E-state index in [4.69, 9.17) is 4.74 Å². The molecule has 0 bridgehead atoms. The molecule has 184 valence electrons. The predicted octanol–water partition coefficient (Wildman–Crippen LogP) is 2.46. The summed E-state index contributed by atoms with van der Waals surface area (Å²) >= 11 is 0. The SMILES string of the molecule is CCC(C)N(C(=O)COC(=O)c1ccc(N2C(=O)c3ccccc3C2=O)cc1)C1CCS(=O)(=O)C1. The minimum Gasteiger partial charge on any atom is -0.452 e. The molecule has 2 unspecified atom stereocenters. The summed E-state index contributed by atoms with van der Waals surface area (Å²) in [4.78, 5) is 53.2. The van der Waals surface area contributed by atoms with Crippen molar-refractivity contribution in [3.05, 3.63) is 65.2 Å². The zero-order valence-corrected chi connectivity index (χ0v) is 20.3. The van der Waals surface area contributed by atoms with E-state index < -0.39 is 46.2 Å². The maximum Gasteiger partial charge on any atom is 0.338 e. The third kappa shape index (κ3) is 4.84. The Morgan fingerprint density at radius 3 is 2.17 bits per heavy atom. The highest BCUT2D eigenvalue weighted by Crippen LogP contribution is 2.28. The fraction of sp³-hybridized carbons (Fsp3) is 0.360. The predicted molar refractivity (Wildman–Crippen MR) is 128 cm³/mol. The molecule has 10 heteroatoms. The normalized spacial score (nSPS) is 19.4.